The standard InChI is InChI=1S/C20H27F3N4/c1-5-8-9-14(6-2)27(24)12(4)18-17(7-3)25-26-20(18)13-10-15(21)19(23)16(22)11-13/h7,10-11,14,25H,5-6,8-9,24H2,1-4H3/b17-7+,18-12-. The Balaban J connectivity index is 2.66. The van der Waals surface area contributed by atoms with Crippen molar-refractivity contribution in [1.29, 1.82) is 0 Å². The van der Waals surface area contributed by atoms with Gasteiger partial charge in [0.05, 0.1) is 5.35 Å². The van der Waals surface area contributed by atoms with Crippen LogP contribution >= 0.6 is 0 Å². The second-order valence-corrected chi connectivity index (χ2v) is 6.60. The van der Waals surface area contributed by atoms with Crippen molar-refractivity contribution < 1.29 is 13.2 Å². The van der Waals surface area contributed by atoms with Crippen molar-refractivity contribution in [2.45, 2.75) is 59.4 Å². The highest BCUT2D eigenvalue weighted by Gasteiger charge is 2.19. The fourth-order valence-electron chi connectivity index (χ4n) is 3.21. The molecule has 0 saturated heterocycles. The molecule has 0 aliphatic rings. The first kappa shape index (κ1) is 21.0. The molecular formula is C20H27F3N4. The molecular weight excluding hydrogens is 353 g/mol. The van der Waals surface area contributed by atoms with Gasteiger partial charge in [-0.05, 0) is 38.8 Å². The lowest BCUT2D eigenvalue weighted by Crippen LogP contribution is -2.43. The lowest BCUT2D eigenvalue weighted by molar-refractivity contribution is 0.269. The van der Waals surface area contributed by atoms with Gasteiger partial charge >= 0.3 is 0 Å². The van der Waals surface area contributed by atoms with E-state index in [2.05, 4.69) is 24.0 Å². The zero-order chi connectivity index (χ0) is 20.1. The molecule has 0 bridgehead atoms. The maximum atomic E-state index is 13.7. The third kappa shape index (κ3) is 4.35. The highest BCUT2D eigenvalue weighted by molar-refractivity contribution is 5.64. The van der Waals surface area contributed by atoms with Crippen LogP contribution in [-0.4, -0.2) is 21.2 Å². The minimum absolute atomic E-state index is 0.138. The van der Waals surface area contributed by atoms with Gasteiger partial charge in [-0.2, -0.15) is 5.10 Å². The fraction of sp³-hybridized carbons (Fsp3) is 0.450. The van der Waals surface area contributed by atoms with Crippen molar-refractivity contribution >= 4 is 11.8 Å². The largest absolute Gasteiger partial charge is 0.312 e. The van der Waals surface area contributed by atoms with E-state index in [1.807, 2.05) is 19.9 Å². The van der Waals surface area contributed by atoms with Gasteiger partial charge in [-0.1, -0.05) is 32.8 Å². The number of benzene rings is 1. The molecule has 0 amide bonds. The summed E-state index contributed by atoms with van der Waals surface area (Å²) in [6, 6.07) is 2.03. The molecule has 1 unspecified atom stereocenters. The summed E-state index contributed by atoms with van der Waals surface area (Å²) >= 11 is 0. The van der Waals surface area contributed by atoms with E-state index >= 15 is 0 Å². The van der Waals surface area contributed by atoms with Crippen molar-refractivity contribution in [2.24, 2.45) is 5.84 Å². The Labute approximate surface area is 157 Å². The minimum Gasteiger partial charge on any atom is -0.312 e. The Morgan fingerprint density at radius 3 is 2.41 bits per heavy atom. The van der Waals surface area contributed by atoms with Crippen LogP contribution in [0.1, 0.15) is 53.4 Å². The molecule has 1 atom stereocenters. The van der Waals surface area contributed by atoms with Gasteiger partial charge < -0.3 is 5.01 Å². The van der Waals surface area contributed by atoms with E-state index in [1.165, 1.54) is 0 Å². The van der Waals surface area contributed by atoms with E-state index in [1.54, 1.807) is 5.01 Å². The van der Waals surface area contributed by atoms with Gasteiger partial charge in [0.2, 0.25) is 0 Å². The molecule has 3 N–H and O–H groups in total. The predicted octanol–water partition coefficient (Wildman–Crippen LogP) is 3.57. The number of rotatable bonds is 7. The number of halogens is 3. The van der Waals surface area contributed by atoms with E-state index in [0.29, 0.717) is 16.3 Å². The summed E-state index contributed by atoms with van der Waals surface area (Å²) in [6.45, 7) is 7.88. The highest BCUT2D eigenvalue weighted by Crippen LogP contribution is 2.21. The molecule has 0 radical (unpaired) electrons. The van der Waals surface area contributed by atoms with E-state index in [4.69, 9.17) is 5.84 Å². The summed E-state index contributed by atoms with van der Waals surface area (Å²) in [5.74, 6) is 2.39. The average molecular weight is 380 g/mol. The zero-order valence-electron chi connectivity index (χ0n) is 16.2. The van der Waals surface area contributed by atoms with Crippen LogP contribution in [0.5, 0.6) is 0 Å². The second kappa shape index (κ2) is 9.08. The van der Waals surface area contributed by atoms with Gasteiger partial charge in [-0.25, -0.2) is 19.0 Å². The van der Waals surface area contributed by atoms with Gasteiger partial charge in [0.1, 0.15) is 5.69 Å². The summed E-state index contributed by atoms with van der Waals surface area (Å²) in [5.41, 5.74) is 1.22. The number of nitrogens with two attached hydrogens (primary N) is 1. The van der Waals surface area contributed by atoms with Crippen LogP contribution in [0.25, 0.3) is 23.0 Å². The average Bonchev–Trinajstić information content (AvgIpc) is 3.09. The molecule has 0 saturated carbocycles. The number of hydrazine groups is 1. The fourth-order valence-corrected chi connectivity index (χ4v) is 3.21. The first-order valence-corrected chi connectivity index (χ1v) is 9.26. The third-order valence-electron chi connectivity index (χ3n) is 4.84. The number of aromatic amines is 1. The molecule has 1 aromatic carbocycles. The van der Waals surface area contributed by atoms with Crippen molar-refractivity contribution in [1.82, 2.24) is 15.2 Å². The molecule has 2 rings (SSSR count). The summed E-state index contributed by atoms with van der Waals surface area (Å²) in [5, 5.41) is 10.1. The summed E-state index contributed by atoms with van der Waals surface area (Å²) in [7, 11) is 0. The number of nitrogens with zero attached hydrogens (tertiary/aromatic N) is 2. The van der Waals surface area contributed by atoms with Gasteiger partial charge in [-0.3, -0.25) is 5.10 Å². The molecule has 0 aliphatic carbocycles. The van der Waals surface area contributed by atoms with Gasteiger partial charge in [0, 0.05) is 22.5 Å². The van der Waals surface area contributed by atoms with Crippen LogP contribution in [0.4, 0.5) is 13.2 Å². The van der Waals surface area contributed by atoms with Crippen molar-refractivity contribution in [3.63, 3.8) is 0 Å². The molecule has 1 heterocycles. The summed E-state index contributed by atoms with van der Waals surface area (Å²) in [6.07, 6.45) is 5.75. The van der Waals surface area contributed by atoms with E-state index in [9.17, 15) is 13.2 Å². The van der Waals surface area contributed by atoms with E-state index in [-0.39, 0.29) is 11.6 Å². The molecule has 0 spiro atoms. The second-order valence-electron chi connectivity index (χ2n) is 6.60. The molecule has 0 fully saturated rings. The van der Waals surface area contributed by atoms with Crippen LogP contribution in [0.15, 0.2) is 12.1 Å². The first-order chi connectivity index (χ1) is 12.8. The molecule has 1 aromatic heterocycles. The molecule has 2 aromatic rings. The van der Waals surface area contributed by atoms with Gasteiger partial charge in [0.25, 0.3) is 0 Å². The Morgan fingerprint density at radius 1 is 1.26 bits per heavy atom. The zero-order valence-corrected chi connectivity index (χ0v) is 16.2. The highest BCUT2D eigenvalue weighted by atomic mass is 19.2. The molecule has 7 heteroatoms. The number of nitrogens with one attached hydrogen (secondary N) is 1. The Bertz CT molecular complexity index is 881. The van der Waals surface area contributed by atoms with E-state index in [0.717, 1.165) is 43.5 Å². The normalized spacial score (nSPS) is 14.4. The van der Waals surface area contributed by atoms with Crippen molar-refractivity contribution in [3.8, 4) is 11.3 Å². The van der Waals surface area contributed by atoms with Crippen LogP contribution in [-0.2, 0) is 0 Å². The Hall–Kier alpha value is -2.28. The van der Waals surface area contributed by atoms with E-state index < -0.39 is 17.5 Å². The Kier molecular flexibility index (Phi) is 7.07. The van der Waals surface area contributed by atoms with Crippen molar-refractivity contribution in [2.75, 3.05) is 0 Å². The van der Waals surface area contributed by atoms with Gasteiger partial charge in [0.15, 0.2) is 17.5 Å². The monoisotopic (exact) mass is 380 g/mol. The first-order valence-electron chi connectivity index (χ1n) is 9.26. The number of aromatic nitrogens is 2. The quantitative estimate of drug-likeness (QED) is 0.439. The molecule has 27 heavy (non-hydrogen) atoms. The Morgan fingerprint density at radius 2 is 1.89 bits per heavy atom. The maximum absolute atomic E-state index is 13.7. The summed E-state index contributed by atoms with van der Waals surface area (Å²) in [4.78, 5) is 0. The van der Waals surface area contributed by atoms with Crippen LogP contribution in [0, 0.1) is 17.5 Å². The molecule has 4 nitrogen and oxygen atoms in total. The topological polar surface area (TPSA) is 57.9 Å². The minimum atomic E-state index is -1.50. The maximum Gasteiger partial charge on any atom is 0.194 e. The van der Waals surface area contributed by atoms with Crippen LogP contribution in [0.2, 0.25) is 0 Å². The van der Waals surface area contributed by atoms with Gasteiger partial charge in [-0.15, -0.1) is 0 Å². The summed E-state index contributed by atoms with van der Waals surface area (Å²) < 4.78 is 40.8. The lowest BCUT2D eigenvalue weighted by atomic mass is 10.0. The number of unbranched alkanes of at least 4 members (excludes halogenated alkanes) is 1. The number of hydrogen-bond donors (Lipinski definition) is 2. The number of hydrogen-bond acceptors (Lipinski definition) is 3. The predicted molar refractivity (Wildman–Crippen MR) is 102 cm³/mol. The SMILES string of the molecule is C/C=c1/[nH]nc(-c2cc(F)c(F)c(F)c2)/c1=C(/C)N(N)C(CC)CCCC. The molecule has 148 valence electrons. The smallest absolute Gasteiger partial charge is 0.194 e. The van der Waals surface area contributed by atoms with Crippen LogP contribution in [0.3, 0.4) is 0 Å². The molecule has 0 aliphatic heterocycles. The van der Waals surface area contributed by atoms with Crippen molar-refractivity contribution in [3.05, 3.63) is 40.2 Å². The third-order valence-corrected chi connectivity index (χ3v) is 4.84. The lowest BCUT2D eigenvalue weighted by Gasteiger charge is -2.29. The number of H-pyrrole nitrogens is 1. The van der Waals surface area contributed by atoms with Crippen LogP contribution < -0.4 is 16.4 Å².